The van der Waals surface area contributed by atoms with Gasteiger partial charge < -0.3 is 12.4 Å². The molecule has 206 valence electrons. The van der Waals surface area contributed by atoms with E-state index in [1.165, 1.54) is 161 Å². The zero-order valence-electron chi connectivity index (χ0n) is 24.0. The first-order valence-corrected chi connectivity index (χ1v) is 15.8. The van der Waals surface area contributed by atoms with Crippen molar-refractivity contribution < 1.29 is 17.0 Å². The van der Waals surface area contributed by atoms with Crippen molar-refractivity contribution in [3.63, 3.8) is 0 Å². The fourth-order valence-corrected chi connectivity index (χ4v) is 5.36. The molecular formula is C33H62ClN. The van der Waals surface area contributed by atoms with Crippen LogP contribution in [-0.4, -0.2) is 0 Å². The Hall–Kier alpha value is -0.560. The Kier molecular flexibility index (Phi) is 27.6. The second-order valence-electron chi connectivity index (χ2n) is 11.0. The van der Waals surface area contributed by atoms with Gasteiger partial charge in [-0.15, -0.1) is 0 Å². The first-order valence-electron chi connectivity index (χ1n) is 15.8. The van der Waals surface area contributed by atoms with E-state index >= 15 is 0 Å². The number of unbranched alkanes of at least 4 members (excludes halogenated alkanes) is 21. The molecule has 0 bridgehead atoms. The lowest BCUT2D eigenvalue weighted by molar-refractivity contribution is -0.724. The molecule has 1 rings (SSSR count). The molecule has 0 saturated carbocycles. The van der Waals surface area contributed by atoms with Crippen LogP contribution in [0.25, 0.3) is 0 Å². The van der Waals surface area contributed by atoms with E-state index in [2.05, 4.69) is 49.0 Å². The van der Waals surface area contributed by atoms with Crippen LogP contribution in [0.15, 0.2) is 30.6 Å². The lowest BCUT2D eigenvalue weighted by Gasteiger charge is -2.13. The molecule has 1 nitrogen and oxygen atoms in total. The maximum Gasteiger partial charge on any atom is 0.169 e. The molecule has 2 heteroatoms. The van der Waals surface area contributed by atoms with Crippen LogP contribution in [0, 0.1) is 0 Å². The van der Waals surface area contributed by atoms with E-state index < -0.39 is 0 Å². The first-order chi connectivity index (χ1) is 16.9. The van der Waals surface area contributed by atoms with Gasteiger partial charge in [0.05, 0.1) is 0 Å². The first kappa shape index (κ1) is 34.4. The Morgan fingerprint density at radius 1 is 0.400 bits per heavy atom. The molecule has 1 unspecified atom stereocenters. The van der Waals surface area contributed by atoms with Gasteiger partial charge in [-0.05, 0) is 12.8 Å². The molecule has 1 atom stereocenters. The Morgan fingerprint density at radius 3 is 1.00 bits per heavy atom. The van der Waals surface area contributed by atoms with Crippen LogP contribution in [0.5, 0.6) is 0 Å². The highest BCUT2D eigenvalue weighted by molar-refractivity contribution is 4.84. The monoisotopic (exact) mass is 507 g/mol. The van der Waals surface area contributed by atoms with Gasteiger partial charge in [0.2, 0.25) is 0 Å². The molecule has 1 heterocycles. The molecule has 0 aliphatic rings. The van der Waals surface area contributed by atoms with Crippen LogP contribution >= 0.6 is 0 Å². The third-order valence-corrected chi connectivity index (χ3v) is 7.69. The van der Waals surface area contributed by atoms with Gasteiger partial charge >= 0.3 is 0 Å². The summed E-state index contributed by atoms with van der Waals surface area (Å²) in [5, 5.41) is 0. The van der Waals surface area contributed by atoms with Crippen LogP contribution in [0.3, 0.4) is 0 Å². The summed E-state index contributed by atoms with van der Waals surface area (Å²) in [5.41, 5.74) is 0. The van der Waals surface area contributed by atoms with E-state index in [0.29, 0.717) is 6.04 Å². The maximum absolute atomic E-state index is 2.49. The van der Waals surface area contributed by atoms with E-state index in [1.807, 2.05) is 0 Å². The molecular weight excluding hydrogens is 446 g/mol. The van der Waals surface area contributed by atoms with Gasteiger partial charge in [-0.3, -0.25) is 0 Å². The highest BCUT2D eigenvalue weighted by atomic mass is 35.5. The average molecular weight is 508 g/mol. The fraction of sp³-hybridized carbons (Fsp3) is 0.848. The molecule has 0 fully saturated rings. The zero-order chi connectivity index (χ0) is 24.4. The summed E-state index contributed by atoms with van der Waals surface area (Å²) < 4.78 is 2.49. The highest BCUT2D eigenvalue weighted by Crippen LogP contribution is 2.20. The maximum atomic E-state index is 2.49. The normalized spacial score (nSPS) is 11.9. The van der Waals surface area contributed by atoms with E-state index in [1.54, 1.807) is 0 Å². The summed E-state index contributed by atoms with van der Waals surface area (Å²) in [4.78, 5) is 0. The van der Waals surface area contributed by atoms with Crippen LogP contribution in [0.1, 0.15) is 180 Å². The third-order valence-electron chi connectivity index (χ3n) is 7.69. The van der Waals surface area contributed by atoms with Crippen LogP contribution in [-0.2, 0) is 0 Å². The number of rotatable bonds is 26. The number of hydrogen-bond acceptors (Lipinski definition) is 0. The number of nitrogens with zero attached hydrogens (tertiary/aromatic N) is 1. The summed E-state index contributed by atoms with van der Waals surface area (Å²) in [6.45, 7) is 4.61. The van der Waals surface area contributed by atoms with E-state index in [0.717, 1.165) is 0 Å². The smallest absolute Gasteiger partial charge is 0.169 e. The Balaban J connectivity index is 0.0000116. The summed E-state index contributed by atoms with van der Waals surface area (Å²) in [6.07, 6.45) is 40.5. The largest absolute Gasteiger partial charge is 1.00 e. The van der Waals surface area contributed by atoms with E-state index in [9.17, 15) is 0 Å². The summed E-state index contributed by atoms with van der Waals surface area (Å²) in [5.74, 6) is 0. The van der Waals surface area contributed by atoms with Crippen molar-refractivity contribution in [3.8, 4) is 0 Å². The van der Waals surface area contributed by atoms with Crippen LogP contribution < -0.4 is 17.0 Å². The Labute approximate surface area is 227 Å². The van der Waals surface area contributed by atoms with E-state index in [-0.39, 0.29) is 12.4 Å². The van der Waals surface area contributed by atoms with Gasteiger partial charge in [0, 0.05) is 25.0 Å². The quantitative estimate of drug-likeness (QED) is 0.0876. The molecule has 0 radical (unpaired) electrons. The topological polar surface area (TPSA) is 3.88 Å². The van der Waals surface area contributed by atoms with Crippen molar-refractivity contribution in [2.75, 3.05) is 0 Å². The molecule has 0 aromatic carbocycles. The minimum absolute atomic E-state index is 0. The predicted octanol–water partition coefficient (Wildman–Crippen LogP) is 8.31. The molecule has 0 spiro atoms. The van der Waals surface area contributed by atoms with Gasteiger partial charge in [0.25, 0.3) is 0 Å². The molecule has 0 aliphatic heterocycles. The molecule has 1 aromatic rings. The number of aromatic nitrogens is 1. The highest BCUT2D eigenvalue weighted by Gasteiger charge is 2.16. The molecule has 1 aromatic heterocycles. The Bertz CT molecular complexity index is 503. The SMILES string of the molecule is CCCCCCCCCCCCCCC(CCCCCCCCCCCCC)[n+]1ccccc1.[Cl-]. The second kappa shape index (κ2) is 28.0. The zero-order valence-corrected chi connectivity index (χ0v) is 24.7. The molecule has 0 amide bonds. The lowest BCUT2D eigenvalue weighted by Crippen LogP contribution is -3.00. The number of halogens is 1. The minimum Gasteiger partial charge on any atom is -1.00 e. The average Bonchev–Trinajstić information content (AvgIpc) is 2.87. The Morgan fingerprint density at radius 2 is 0.686 bits per heavy atom. The molecule has 0 aliphatic carbocycles. The van der Waals surface area contributed by atoms with Gasteiger partial charge in [-0.25, -0.2) is 4.57 Å². The lowest BCUT2D eigenvalue weighted by atomic mass is 9.99. The van der Waals surface area contributed by atoms with Gasteiger partial charge in [-0.2, -0.15) is 0 Å². The van der Waals surface area contributed by atoms with Gasteiger partial charge in [0.1, 0.15) is 0 Å². The van der Waals surface area contributed by atoms with Crippen molar-refractivity contribution in [2.24, 2.45) is 0 Å². The van der Waals surface area contributed by atoms with Gasteiger partial charge in [0.15, 0.2) is 18.4 Å². The summed E-state index contributed by atoms with van der Waals surface area (Å²) >= 11 is 0. The van der Waals surface area contributed by atoms with Crippen molar-refractivity contribution in [3.05, 3.63) is 30.6 Å². The standard InChI is InChI=1S/C33H62N.ClH/c1-3-5-7-9-11-13-15-17-19-21-23-26-30-33(34-31-27-24-28-32-34)29-25-22-20-18-16-14-12-10-8-6-4-2;/h24,27-28,31-33H,3-23,25-26,29-30H2,1-2H3;1H/q+1;/p-1. The number of hydrogen-bond donors (Lipinski definition) is 0. The minimum atomic E-state index is 0. The number of pyridine rings is 1. The summed E-state index contributed by atoms with van der Waals surface area (Å²) in [6, 6.07) is 7.27. The third kappa shape index (κ3) is 22.4. The van der Waals surface area contributed by atoms with Crippen molar-refractivity contribution in [1.82, 2.24) is 0 Å². The predicted molar refractivity (Wildman–Crippen MR) is 152 cm³/mol. The molecule has 0 saturated heterocycles. The van der Waals surface area contributed by atoms with E-state index in [4.69, 9.17) is 0 Å². The van der Waals surface area contributed by atoms with Gasteiger partial charge in [-0.1, -0.05) is 155 Å². The second-order valence-corrected chi connectivity index (χ2v) is 11.0. The van der Waals surface area contributed by atoms with Crippen molar-refractivity contribution >= 4 is 0 Å². The molecule has 0 N–H and O–H groups in total. The molecule has 35 heavy (non-hydrogen) atoms. The van der Waals surface area contributed by atoms with Crippen molar-refractivity contribution in [1.29, 1.82) is 0 Å². The van der Waals surface area contributed by atoms with Crippen molar-refractivity contribution in [2.45, 2.75) is 180 Å². The fourth-order valence-electron chi connectivity index (χ4n) is 5.36. The summed E-state index contributed by atoms with van der Waals surface area (Å²) in [7, 11) is 0. The van der Waals surface area contributed by atoms with Crippen LogP contribution in [0.4, 0.5) is 0 Å². The van der Waals surface area contributed by atoms with Crippen LogP contribution in [0.2, 0.25) is 0 Å².